The molecule has 3 fully saturated rings. The maximum Gasteiger partial charge on any atom is 0.0710 e. The highest BCUT2D eigenvalue weighted by atomic mass is 14.8. The number of nitrogens with zero attached hydrogens (tertiary/aromatic N) is 1. The minimum Gasteiger partial charge on any atom is -0.286 e. The number of hydrogen-bond acceptors (Lipinski definition) is 1. The molecule has 0 saturated heterocycles. The maximum absolute atomic E-state index is 5.16. The van der Waals surface area contributed by atoms with Crippen molar-refractivity contribution in [1.29, 1.82) is 0 Å². The van der Waals surface area contributed by atoms with Crippen LogP contribution in [0.2, 0.25) is 0 Å². The number of aliphatic imine (C=N–C) groups is 1. The number of hydrogen-bond donors (Lipinski definition) is 0. The molecule has 0 N–H and O–H groups in total. The van der Waals surface area contributed by atoms with Crippen LogP contribution in [0.1, 0.15) is 64.2 Å². The van der Waals surface area contributed by atoms with Crippen molar-refractivity contribution in [2.45, 2.75) is 70.3 Å². The van der Waals surface area contributed by atoms with Gasteiger partial charge in [-0.1, -0.05) is 30.9 Å². The zero-order chi connectivity index (χ0) is 11.9. The average Bonchev–Trinajstić information content (AvgIpc) is 2.08. The third-order valence-electron chi connectivity index (χ3n) is 5.92. The van der Waals surface area contributed by atoms with E-state index in [4.69, 9.17) is 4.99 Å². The van der Waals surface area contributed by atoms with Crippen molar-refractivity contribution in [2.24, 2.45) is 22.7 Å². The molecule has 3 saturated carbocycles. The molecule has 0 amide bonds. The van der Waals surface area contributed by atoms with Crippen molar-refractivity contribution in [3.05, 3.63) is 11.6 Å². The Morgan fingerprint density at radius 3 is 2.00 bits per heavy atom. The van der Waals surface area contributed by atoms with Gasteiger partial charge in [-0.05, 0) is 56.3 Å². The molecule has 1 atom stereocenters. The van der Waals surface area contributed by atoms with E-state index in [0.717, 1.165) is 17.8 Å². The predicted molar refractivity (Wildman–Crippen MR) is 75.9 cm³/mol. The quantitative estimate of drug-likeness (QED) is 0.646. The summed E-state index contributed by atoms with van der Waals surface area (Å²) in [5.74, 6) is 2.71. The first-order chi connectivity index (χ1) is 8.90. The van der Waals surface area contributed by atoms with Crippen LogP contribution in [0.3, 0.4) is 0 Å². The lowest BCUT2D eigenvalue weighted by Gasteiger charge is -2.39. The fourth-order valence-electron chi connectivity index (χ4n) is 3.84. The third kappa shape index (κ3) is 1.87. The lowest BCUT2D eigenvalue weighted by atomic mass is 9.70. The first-order valence-corrected chi connectivity index (χ1v) is 8.17. The van der Waals surface area contributed by atoms with E-state index in [-0.39, 0.29) is 0 Å². The van der Waals surface area contributed by atoms with Crippen molar-refractivity contribution in [2.75, 3.05) is 0 Å². The first-order valence-electron chi connectivity index (χ1n) is 8.17. The molecular weight excluding hydrogens is 218 g/mol. The second-order valence-electron chi connectivity index (χ2n) is 6.98. The van der Waals surface area contributed by atoms with E-state index in [2.05, 4.69) is 6.08 Å². The molecule has 1 unspecified atom stereocenters. The highest BCUT2D eigenvalue weighted by molar-refractivity contribution is 5.90. The molecule has 1 aliphatic heterocycles. The molecule has 0 aromatic heterocycles. The van der Waals surface area contributed by atoms with E-state index >= 15 is 0 Å². The Bertz CT molecular complexity index is 350. The Balaban J connectivity index is 1.54. The highest BCUT2D eigenvalue weighted by Crippen LogP contribution is 2.42. The van der Waals surface area contributed by atoms with Crippen molar-refractivity contribution in [1.82, 2.24) is 0 Å². The van der Waals surface area contributed by atoms with Crippen LogP contribution >= 0.6 is 0 Å². The van der Waals surface area contributed by atoms with E-state index in [9.17, 15) is 0 Å². The van der Waals surface area contributed by atoms with Crippen molar-refractivity contribution in [3.63, 3.8) is 0 Å². The number of allylic oxidation sites excluding steroid dienone is 1. The summed E-state index contributed by atoms with van der Waals surface area (Å²) in [5.41, 5.74) is 3.39. The Labute approximate surface area is 111 Å². The second kappa shape index (κ2) is 4.51. The van der Waals surface area contributed by atoms with Gasteiger partial charge in [-0.15, -0.1) is 0 Å². The monoisotopic (exact) mass is 243 g/mol. The molecule has 98 valence electrons. The van der Waals surface area contributed by atoms with Crippen molar-refractivity contribution < 1.29 is 0 Å². The summed E-state index contributed by atoms with van der Waals surface area (Å²) in [4.78, 5) is 5.16. The standard InChI is InChI=1S/C17H25N/c1-4-12(5-1)15-10-16(13-6-2-7-13)18-17(11-15)14-8-3-9-14/h10,12-14,16H,1-9,11H2. The van der Waals surface area contributed by atoms with Gasteiger partial charge in [0, 0.05) is 12.1 Å². The minimum atomic E-state index is 0.582. The fourth-order valence-corrected chi connectivity index (χ4v) is 3.84. The molecule has 1 nitrogen and oxygen atoms in total. The van der Waals surface area contributed by atoms with Gasteiger partial charge in [0.25, 0.3) is 0 Å². The van der Waals surface area contributed by atoms with Crippen LogP contribution in [0.15, 0.2) is 16.6 Å². The van der Waals surface area contributed by atoms with E-state index in [1.54, 1.807) is 11.3 Å². The van der Waals surface area contributed by atoms with E-state index in [1.807, 2.05) is 0 Å². The van der Waals surface area contributed by atoms with Gasteiger partial charge in [0.15, 0.2) is 0 Å². The topological polar surface area (TPSA) is 12.4 Å². The van der Waals surface area contributed by atoms with Crippen LogP contribution in [-0.2, 0) is 0 Å². The third-order valence-corrected chi connectivity index (χ3v) is 5.92. The van der Waals surface area contributed by atoms with E-state index in [1.165, 1.54) is 64.2 Å². The van der Waals surface area contributed by atoms with Crippen LogP contribution in [0.25, 0.3) is 0 Å². The minimum absolute atomic E-state index is 0.582. The summed E-state index contributed by atoms with van der Waals surface area (Å²) < 4.78 is 0. The molecule has 3 aliphatic carbocycles. The molecule has 0 aromatic carbocycles. The normalized spacial score (nSPS) is 34.1. The molecular formula is C17H25N. The SMILES string of the molecule is C1=C(C2CCC2)CC(C2CCC2)=NC1C1CCC1. The highest BCUT2D eigenvalue weighted by Gasteiger charge is 2.34. The van der Waals surface area contributed by atoms with Crippen LogP contribution in [0.4, 0.5) is 0 Å². The lowest BCUT2D eigenvalue weighted by Crippen LogP contribution is -2.33. The summed E-state index contributed by atoms with van der Waals surface area (Å²) in [6, 6.07) is 0.582. The fraction of sp³-hybridized carbons (Fsp3) is 0.824. The maximum atomic E-state index is 5.16. The molecule has 0 radical (unpaired) electrons. The largest absolute Gasteiger partial charge is 0.286 e. The molecule has 1 heterocycles. The Hall–Kier alpha value is -0.590. The van der Waals surface area contributed by atoms with Crippen molar-refractivity contribution >= 4 is 5.71 Å². The summed E-state index contributed by atoms with van der Waals surface area (Å²) in [6.07, 6.45) is 16.8. The summed E-state index contributed by atoms with van der Waals surface area (Å²) >= 11 is 0. The zero-order valence-electron chi connectivity index (χ0n) is 11.4. The van der Waals surface area contributed by atoms with Crippen LogP contribution in [0, 0.1) is 17.8 Å². The van der Waals surface area contributed by atoms with Gasteiger partial charge in [-0.25, -0.2) is 0 Å². The van der Waals surface area contributed by atoms with E-state index < -0.39 is 0 Å². The van der Waals surface area contributed by atoms with Crippen molar-refractivity contribution in [3.8, 4) is 0 Å². The molecule has 0 spiro atoms. The number of dihydropyridines is 1. The molecule has 18 heavy (non-hydrogen) atoms. The Morgan fingerprint density at radius 1 is 0.833 bits per heavy atom. The van der Waals surface area contributed by atoms with Gasteiger partial charge in [0.2, 0.25) is 0 Å². The average molecular weight is 243 g/mol. The Kier molecular flexibility index (Phi) is 2.82. The molecule has 4 aliphatic rings. The first kappa shape index (κ1) is 11.3. The van der Waals surface area contributed by atoms with Crippen LogP contribution in [0.5, 0.6) is 0 Å². The van der Waals surface area contributed by atoms with Gasteiger partial charge in [-0.2, -0.15) is 0 Å². The lowest BCUT2D eigenvalue weighted by molar-refractivity contribution is 0.281. The molecule has 0 aromatic rings. The summed E-state index contributed by atoms with van der Waals surface area (Å²) in [7, 11) is 0. The van der Waals surface area contributed by atoms with Gasteiger partial charge in [0.1, 0.15) is 0 Å². The smallest absolute Gasteiger partial charge is 0.0710 e. The molecule has 4 rings (SSSR count). The van der Waals surface area contributed by atoms with Gasteiger partial charge < -0.3 is 0 Å². The number of rotatable bonds is 3. The molecule has 1 heteroatoms. The molecule has 0 bridgehead atoms. The summed E-state index contributed by atoms with van der Waals surface area (Å²) in [6.45, 7) is 0. The van der Waals surface area contributed by atoms with Gasteiger partial charge >= 0.3 is 0 Å². The zero-order valence-corrected chi connectivity index (χ0v) is 11.4. The Morgan fingerprint density at radius 2 is 1.50 bits per heavy atom. The summed E-state index contributed by atoms with van der Waals surface area (Å²) in [5, 5.41) is 0. The van der Waals surface area contributed by atoms with E-state index in [0.29, 0.717) is 6.04 Å². The predicted octanol–water partition coefficient (Wildman–Crippen LogP) is 4.53. The van der Waals surface area contributed by atoms with Crippen LogP contribution in [-0.4, -0.2) is 11.8 Å². The van der Waals surface area contributed by atoms with Crippen LogP contribution < -0.4 is 0 Å². The second-order valence-corrected chi connectivity index (χ2v) is 6.98. The van der Waals surface area contributed by atoms with Gasteiger partial charge in [0.05, 0.1) is 6.04 Å². The van der Waals surface area contributed by atoms with Gasteiger partial charge in [-0.3, -0.25) is 4.99 Å².